The summed E-state index contributed by atoms with van der Waals surface area (Å²) in [7, 11) is 0. The molecule has 1 rings (SSSR count). The molecule has 7 N–H and O–H groups in total. The molecule has 0 heterocycles. The molecule has 10 heteroatoms. The van der Waals surface area contributed by atoms with Crippen molar-refractivity contribution >= 4 is 23.7 Å². The van der Waals surface area contributed by atoms with Gasteiger partial charge in [0.05, 0.1) is 12.6 Å². The highest BCUT2D eigenvalue weighted by Crippen LogP contribution is 2.02. The molecule has 0 aliphatic carbocycles. The van der Waals surface area contributed by atoms with Crippen molar-refractivity contribution in [2.24, 2.45) is 5.73 Å². The maximum absolute atomic E-state index is 12.2. The highest BCUT2D eigenvalue weighted by molar-refractivity contribution is 5.93. The molecule has 10 nitrogen and oxygen atoms in total. The molecule has 28 heavy (non-hydrogen) atoms. The molecule has 0 bridgehead atoms. The van der Waals surface area contributed by atoms with Crippen molar-refractivity contribution in [1.29, 1.82) is 0 Å². The summed E-state index contributed by atoms with van der Waals surface area (Å²) in [4.78, 5) is 47.0. The van der Waals surface area contributed by atoms with Gasteiger partial charge in [0, 0.05) is 0 Å². The Morgan fingerprint density at radius 1 is 0.929 bits per heavy atom. The second-order valence-corrected chi connectivity index (χ2v) is 6.34. The Hall–Kier alpha value is -2.98. The minimum atomic E-state index is -1.30. The average Bonchev–Trinajstić information content (AvgIpc) is 2.66. The standard InChI is InChI=1S/C18H26N4O6/c1-10(15(24)21-11(2)18(27)28)20-17(26)14(9-23)22-16(25)13(19)8-12-6-4-3-5-7-12/h3-7,10-11,13-14,23H,8-9,19H2,1-2H3,(H,20,26)(H,21,24)(H,22,25)(H,27,28). The molecular weight excluding hydrogens is 368 g/mol. The Bertz CT molecular complexity index is 697. The summed E-state index contributed by atoms with van der Waals surface area (Å²) in [6.07, 6.45) is 0.248. The first-order chi connectivity index (χ1) is 13.1. The number of carboxylic acid groups (broad SMARTS) is 1. The van der Waals surface area contributed by atoms with E-state index in [4.69, 9.17) is 10.8 Å². The third-order valence-corrected chi connectivity index (χ3v) is 3.93. The smallest absolute Gasteiger partial charge is 0.325 e. The van der Waals surface area contributed by atoms with Gasteiger partial charge in [-0.3, -0.25) is 19.2 Å². The molecule has 3 amide bonds. The van der Waals surface area contributed by atoms with Crippen molar-refractivity contribution in [2.45, 2.75) is 44.4 Å². The van der Waals surface area contributed by atoms with Crippen LogP contribution in [0.2, 0.25) is 0 Å². The summed E-state index contributed by atoms with van der Waals surface area (Å²) in [6.45, 7) is 1.92. The highest BCUT2D eigenvalue weighted by Gasteiger charge is 2.26. The number of nitrogens with one attached hydrogen (secondary N) is 3. The summed E-state index contributed by atoms with van der Waals surface area (Å²) >= 11 is 0. The van der Waals surface area contributed by atoms with Crippen LogP contribution in [0.15, 0.2) is 30.3 Å². The fraction of sp³-hybridized carbons (Fsp3) is 0.444. The Morgan fingerprint density at radius 2 is 1.50 bits per heavy atom. The van der Waals surface area contributed by atoms with E-state index >= 15 is 0 Å². The molecule has 4 unspecified atom stereocenters. The first-order valence-electron chi connectivity index (χ1n) is 8.70. The van der Waals surface area contributed by atoms with Crippen molar-refractivity contribution in [3.8, 4) is 0 Å². The molecular formula is C18H26N4O6. The number of benzene rings is 1. The van der Waals surface area contributed by atoms with Gasteiger partial charge in [-0.2, -0.15) is 0 Å². The topological polar surface area (TPSA) is 171 Å². The van der Waals surface area contributed by atoms with Crippen LogP contribution in [0.3, 0.4) is 0 Å². The second-order valence-electron chi connectivity index (χ2n) is 6.34. The first-order valence-corrected chi connectivity index (χ1v) is 8.70. The average molecular weight is 394 g/mol. The molecule has 0 saturated heterocycles. The van der Waals surface area contributed by atoms with Gasteiger partial charge in [0.25, 0.3) is 0 Å². The number of carbonyl (C=O) groups excluding carboxylic acids is 3. The number of aliphatic carboxylic acids is 1. The van der Waals surface area contributed by atoms with Crippen molar-refractivity contribution < 1.29 is 29.4 Å². The van der Waals surface area contributed by atoms with Crippen LogP contribution >= 0.6 is 0 Å². The largest absolute Gasteiger partial charge is 0.480 e. The lowest BCUT2D eigenvalue weighted by atomic mass is 10.1. The molecule has 0 saturated carbocycles. The van der Waals surface area contributed by atoms with Gasteiger partial charge >= 0.3 is 5.97 Å². The first kappa shape index (κ1) is 23.1. The summed E-state index contributed by atoms with van der Waals surface area (Å²) < 4.78 is 0. The van der Waals surface area contributed by atoms with E-state index in [1.54, 1.807) is 0 Å². The predicted octanol–water partition coefficient (Wildman–Crippen LogP) is -1.87. The third kappa shape index (κ3) is 7.33. The van der Waals surface area contributed by atoms with Crippen molar-refractivity contribution in [1.82, 2.24) is 16.0 Å². The number of carboxylic acids is 1. The number of carbonyl (C=O) groups is 4. The number of aliphatic hydroxyl groups excluding tert-OH is 1. The minimum Gasteiger partial charge on any atom is -0.480 e. The van der Waals surface area contributed by atoms with Crippen molar-refractivity contribution in [2.75, 3.05) is 6.61 Å². The molecule has 1 aromatic carbocycles. The predicted molar refractivity (Wildman–Crippen MR) is 100.0 cm³/mol. The lowest BCUT2D eigenvalue weighted by Crippen LogP contribution is -2.57. The number of amides is 3. The number of rotatable bonds is 10. The van der Waals surface area contributed by atoms with Crippen LogP contribution in [0.1, 0.15) is 19.4 Å². The summed E-state index contributed by atoms with van der Waals surface area (Å²) in [5.74, 6) is -3.37. The Labute approximate surface area is 162 Å². The maximum Gasteiger partial charge on any atom is 0.325 e. The zero-order valence-corrected chi connectivity index (χ0v) is 15.7. The Balaban J connectivity index is 2.58. The van der Waals surface area contributed by atoms with Crippen LogP contribution in [0.5, 0.6) is 0 Å². The van der Waals surface area contributed by atoms with Gasteiger partial charge in [0.15, 0.2) is 0 Å². The van der Waals surface area contributed by atoms with E-state index < -0.39 is 54.5 Å². The zero-order valence-electron chi connectivity index (χ0n) is 15.7. The number of nitrogens with two attached hydrogens (primary N) is 1. The summed E-state index contributed by atoms with van der Waals surface area (Å²) in [6, 6.07) is 4.62. The minimum absolute atomic E-state index is 0.248. The molecule has 0 fully saturated rings. The fourth-order valence-electron chi connectivity index (χ4n) is 2.21. The van der Waals surface area contributed by atoms with Crippen LogP contribution in [0, 0.1) is 0 Å². The fourth-order valence-corrected chi connectivity index (χ4v) is 2.21. The molecule has 4 atom stereocenters. The van der Waals surface area contributed by atoms with E-state index in [-0.39, 0.29) is 6.42 Å². The Morgan fingerprint density at radius 3 is 2.04 bits per heavy atom. The highest BCUT2D eigenvalue weighted by atomic mass is 16.4. The van der Waals surface area contributed by atoms with E-state index in [1.165, 1.54) is 13.8 Å². The van der Waals surface area contributed by atoms with E-state index in [9.17, 15) is 24.3 Å². The lowest BCUT2D eigenvalue weighted by molar-refractivity contribution is -0.141. The molecule has 1 aromatic rings. The van der Waals surface area contributed by atoms with Crippen LogP contribution < -0.4 is 21.7 Å². The second kappa shape index (κ2) is 11.0. The summed E-state index contributed by atoms with van der Waals surface area (Å²) in [5, 5.41) is 25.0. The van der Waals surface area contributed by atoms with E-state index in [2.05, 4.69) is 16.0 Å². The van der Waals surface area contributed by atoms with Crippen molar-refractivity contribution in [3.63, 3.8) is 0 Å². The van der Waals surface area contributed by atoms with Crippen LogP contribution in [0.25, 0.3) is 0 Å². The normalized spacial score (nSPS) is 14.9. The molecule has 0 spiro atoms. The van der Waals surface area contributed by atoms with Crippen LogP contribution in [-0.2, 0) is 25.6 Å². The van der Waals surface area contributed by atoms with Gasteiger partial charge in [-0.15, -0.1) is 0 Å². The van der Waals surface area contributed by atoms with Gasteiger partial charge in [0.1, 0.15) is 18.1 Å². The van der Waals surface area contributed by atoms with Crippen LogP contribution in [0.4, 0.5) is 0 Å². The van der Waals surface area contributed by atoms with E-state index in [0.717, 1.165) is 5.56 Å². The lowest BCUT2D eigenvalue weighted by Gasteiger charge is -2.21. The molecule has 0 radical (unpaired) electrons. The quantitative estimate of drug-likeness (QED) is 0.270. The van der Waals surface area contributed by atoms with Crippen molar-refractivity contribution in [3.05, 3.63) is 35.9 Å². The van der Waals surface area contributed by atoms with Gasteiger partial charge in [0.2, 0.25) is 17.7 Å². The maximum atomic E-state index is 12.2. The van der Waals surface area contributed by atoms with Gasteiger partial charge in [-0.1, -0.05) is 30.3 Å². The Kier molecular flexibility index (Phi) is 9.06. The molecule has 154 valence electrons. The number of aliphatic hydroxyl groups is 1. The van der Waals surface area contributed by atoms with Gasteiger partial charge in [-0.05, 0) is 25.8 Å². The van der Waals surface area contributed by atoms with E-state index in [1.807, 2.05) is 30.3 Å². The van der Waals surface area contributed by atoms with E-state index in [0.29, 0.717) is 0 Å². The monoisotopic (exact) mass is 394 g/mol. The molecule has 0 aliphatic heterocycles. The molecule has 0 aliphatic rings. The third-order valence-electron chi connectivity index (χ3n) is 3.93. The number of hydrogen-bond donors (Lipinski definition) is 6. The van der Waals surface area contributed by atoms with Gasteiger partial charge in [-0.25, -0.2) is 0 Å². The molecule has 0 aromatic heterocycles. The van der Waals surface area contributed by atoms with Gasteiger partial charge < -0.3 is 31.9 Å². The van der Waals surface area contributed by atoms with Crippen LogP contribution in [-0.4, -0.2) is 64.7 Å². The number of hydrogen-bond acceptors (Lipinski definition) is 6. The zero-order chi connectivity index (χ0) is 21.3. The SMILES string of the molecule is CC(NC(=O)C(C)NC(=O)C(CO)NC(=O)C(N)Cc1ccccc1)C(=O)O. The summed E-state index contributed by atoms with van der Waals surface area (Å²) in [5.41, 5.74) is 6.68.